The largest absolute Gasteiger partial charge is 0.486 e. The fourth-order valence-electron chi connectivity index (χ4n) is 2.39. The van der Waals surface area contributed by atoms with E-state index < -0.39 is 0 Å². The van der Waals surface area contributed by atoms with Crippen molar-refractivity contribution in [3.05, 3.63) is 58.6 Å². The molecule has 1 heterocycles. The minimum atomic E-state index is 0.0230. The lowest BCUT2D eigenvalue weighted by Crippen LogP contribution is -2.23. The number of halogens is 1. The van der Waals surface area contributed by atoms with E-state index in [-0.39, 0.29) is 5.91 Å². The van der Waals surface area contributed by atoms with Crippen LogP contribution in [0.2, 0.25) is 5.02 Å². The van der Waals surface area contributed by atoms with Gasteiger partial charge in [-0.2, -0.15) is 0 Å². The molecule has 4 nitrogen and oxygen atoms in total. The molecule has 120 valence electrons. The van der Waals surface area contributed by atoms with Crippen LogP contribution in [0.15, 0.2) is 42.5 Å². The first-order valence-corrected chi connectivity index (χ1v) is 7.98. The molecule has 1 amide bonds. The summed E-state index contributed by atoms with van der Waals surface area (Å²) < 4.78 is 11.0. The third-order valence-corrected chi connectivity index (χ3v) is 3.90. The van der Waals surface area contributed by atoms with Crippen LogP contribution in [0, 0.1) is 0 Å². The number of nitrogens with one attached hydrogen (secondary N) is 1. The number of benzene rings is 2. The normalized spacial score (nSPS) is 12.7. The average Bonchev–Trinajstić information content (AvgIpc) is 2.59. The predicted octanol–water partition coefficient (Wildman–Crippen LogP) is 3.36. The highest BCUT2D eigenvalue weighted by Crippen LogP contribution is 2.31. The first-order valence-electron chi connectivity index (χ1n) is 7.60. The van der Waals surface area contributed by atoms with Crippen LogP contribution in [-0.2, 0) is 17.8 Å². The van der Waals surface area contributed by atoms with Gasteiger partial charge in [0, 0.05) is 18.0 Å². The molecule has 1 N–H and O–H groups in total. The minimum absolute atomic E-state index is 0.0230. The summed E-state index contributed by atoms with van der Waals surface area (Å²) in [5, 5.41) is 3.61. The van der Waals surface area contributed by atoms with Crippen molar-refractivity contribution in [1.82, 2.24) is 5.32 Å². The first-order chi connectivity index (χ1) is 11.2. The number of aryl methyl sites for hydroxylation is 1. The zero-order valence-electron chi connectivity index (χ0n) is 12.7. The quantitative estimate of drug-likeness (QED) is 0.914. The third-order valence-electron chi connectivity index (χ3n) is 3.65. The van der Waals surface area contributed by atoms with E-state index in [1.807, 2.05) is 42.5 Å². The molecule has 1 aliphatic rings. The summed E-state index contributed by atoms with van der Waals surface area (Å²) in [4.78, 5) is 12.0. The van der Waals surface area contributed by atoms with Crippen molar-refractivity contribution in [2.24, 2.45) is 0 Å². The van der Waals surface area contributed by atoms with Crippen LogP contribution in [0.1, 0.15) is 17.5 Å². The molecule has 23 heavy (non-hydrogen) atoms. The van der Waals surface area contributed by atoms with Gasteiger partial charge in [0.05, 0.1) is 0 Å². The van der Waals surface area contributed by atoms with Crippen molar-refractivity contribution in [2.45, 2.75) is 19.4 Å². The van der Waals surface area contributed by atoms with E-state index in [1.165, 1.54) is 0 Å². The highest BCUT2D eigenvalue weighted by molar-refractivity contribution is 6.30. The standard InChI is InChI=1S/C18H18ClNO3/c19-15-5-1-14(2-6-15)12-20-18(21)8-4-13-3-7-16-17(11-13)23-10-9-22-16/h1-3,5-7,11H,4,8-10,12H2,(H,20,21). The van der Waals surface area contributed by atoms with E-state index in [2.05, 4.69) is 5.32 Å². The molecule has 0 aliphatic carbocycles. The number of fused-ring (bicyclic) bond motifs is 1. The molecule has 1 aliphatic heterocycles. The topological polar surface area (TPSA) is 47.6 Å². The molecule has 0 bridgehead atoms. The van der Waals surface area contributed by atoms with Crippen LogP contribution in [0.5, 0.6) is 11.5 Å². The van der Waals surface area contributed by atoms with Gasteiger partial charge in [0.2, 0.25) is 5.91 Å². The lowest BCUT2D eigenvalue weighted by molar-refractivity contribution is -0.121. The summed E-state index contributed by atoms with van der Waals surface area (Å²) in [5.41, 5.74) is 2.10. The van der Waals surface area contributed by atoms with E-state index in [4.69, 9.17) is 21.1 Å². The van der Waals surface area contributed by atoms with Crippen LogP contribution < -0.4 is 14.8 Å². The van der Waals surface area contributed by atoms with Crippen molar-refractivity contribution in [3.63, 3.8) is 0 Å². The summed E-state index contributed by atoms with van der Waals surface area (Å²) in [7, 11) is 0. The van der Waals surface area contributed by atoms with Crippen molar-refractivity contribution in [3.8, 4) is 11.5 Å². The Labute approximate surface area is 140 Å². The average molecular weight is 332 g/mol. The molecular weight excluding hydrogens is 314 g/mol. The second kappa shape index (κ2) is 7.38. The smallest absolute Gasteiger partial charge is 0.220 e. The second-order valence-electron chi connectivity index (χ2n) is 5.38. The zero-order valence-corrected chi connectivity index (χ0v) is 13.4. The van der Waals surface area contributed by atoms with Crippen molar-refractivity contribution in [2.75, 3.05) is 13.2 Å². The number of carbonyl (C=O) groups is 1. The maximum absolute atomic E-state index is 12.0. The molecule has 0 atom stereocenters. The van der Waals surface area contributed by atoms with Gasteiger partial charge in [-0.25, -0.2) is 0 Å². The Balaban J connectivity index is 1.48. The molecule has 0 fully saturated rings. The van der Waals surface area contributed by atoms with Gasteiger partial charge < -0.3 is 14.8 Å². The van der Waals surface area contributed by atoms with E-state index in [9.17, 15) is 4.79 Å². The van der Waals surface area contributed by atoms with Crippen molar-refractivity contribution >= 4 is 17.5 Å². The first kappa shape index (κ1) is 15.7. The van der Waals surface area contributed by atoms with E-state index in [1.54, 1.807) is 0 Å². The number of hydrogen-bond donors (Lipinski definition) is 1. The third kappa shape index (κ3) is 4.39. The Kier molecular flexibility index (Phi) is 5.03. The zero-order chi connectivity index (χ0) is 16.1. The Morgan fingerprint density at radius 2 is 1.70 bits per heavy atom. The van der Waals surface area contributed by atoms with Gasteiger partial charge in [-0.3, -0.25) is 4.79 Å². The van der Waals surface area contributed by atoms with Gasteiger partial charge in [0.15, 0.2) is 11.5 Å². The fourth-order valence-corrected chi connectivity index (χ4v) is 2.52. The molecule has 3 rings (SSSR count). The fraction of sp³-hybridized carbons (Fsp3) is 0.278. The van der Waals surface area contributed by atoms with Crippen LogP contribution in [0.4, 0.5) is 0 Å². The van der Waals surface area contributed by atoms with Crippen LogP contribution >= 0.6 is 11.6 Å². The molecule has 0 aromatic heterocycles. The Morgan fingerprint density at radius 1 is 1.00 bits per heavy atom. The lowest BCUT2D eigenvalue weighted by Gasteiger charge is -2.18. The monoisotopic (exact) mass is 331 g/mol. The van der Waals surface area contributed by atoms with Crippen LogP contribution in [-0.4, -0.2) is 19.1 Å². The Morgan fingerprint density at radius 3 is 2.48 bits per heavy atom. The summed E-state index contributed by atoms with van der Waals surface area (Å²) >= 11 is 5.84. The van der Waals surface area contributed by atoms with Gasteiger partial charge in [0.1, 0.15) is 13.2 Å². The SMILES string of the molecule is O=C(CCc1ccc2c(c1)OCCO2)NCc1ccc(Cl)cc1. The summed E-state index contributed by atoms with van der Waals surface area (Å²) in [6.07, 6.45) is 1.11. The van der Waals surface area contributed by atoms with E-state index in [0.717, 1.165) is 22.6 Å². The van der Waals surface area contributed by atoms with Gasteiger partial charge >= 0.3 is 0 Å². The maximum Gasteiger partial charge on any atom is 0.220 e. The summed E-state index contributed by atoms with van der Waals surface area (Å²) in [5.74, 6) is 1.55. The molecule has 0 spiro atoms. The van der Waals surface area contributed by atoms with Crippen molar-refractivity contribution in [1.29, 1.82) is 0 Å². The Bertz CT molecular complexity index is 685. The second-order valence-corrected chi connectivity index (χ2v) is 5.82. The van der Waals surface area contributed by atoms with E-state index >= 15 is 0 Å². The minimum Gasteiger partial charge on any atom is -0.486 e. The number of rotatable bonds is 5. The molecular formula is C18H18ClNO3. The molecule has 2 aromatic rings. The number of amides is 1. The Hall–Kier alpha value is -2.20. The number of hydrogen-bond acceptors (Lipinski definition) is 3. The van der Waals surface area contributed by atoms with Crippen LogP contribution in [0.25, 0.3) is 0 Å². The molecule has 0 radical (unpaired) electrons. The molecule has 2 aromatic carbocycles. The maximum atomic E-state index is 12.0. The van der Waals surface area contributed by atoms with Gasteiger partial charge in [-0.1, -0.05) is 29.8 Å². The predicted molar refractivity (Wildman–Crippen MR) is 89.1 cm³/mol. The summed E-state index contributed by atoms with van der Waals surface area (Å²) in [6.45, 7) is 1.66. The molecule has 0 unspecified atom stereocenters. The van der Waals surface area contributed by atoms with Gasteiger partial charge in [-0.05, 0) is 41.8 Å². The van der Waals surface area contributed by atoms with Gasteiger partial charge in [-0.15, -0.1) is 0 Å². The molecule has 5 heteroatoms. The molecule has 0 saturated carbocycles. The molecule has 0 saturated heterocycles. The highest BCUT2D eigenvalue weighted by atomic mass is 35.5. The number of carbonyl (C=O) groups excluding carboxylic acids is 1. The lowest BCUT2D eigenvalue weighted by atomic mass is 10.1. The van der Waals surface area contributed by atoms with Crippen LogP contribution in [0.3, 0.4) is 0 Å². The summed E-state index contributed by atoms with van der Waals surface area (Å²) in [6, 6.07) is 13.3. The highest BCUT2D eigenvalue weighted by Gasteiger charge is 2.12. The van der Waals surface area contributed by atoms with Gasteiger partial charge in [0.25, 0.3) is 0 Å². The van der Waals surface area contributed by atoms with E-state index in [0.29, 0.717) is 37.6 Å². The number of ether oxygens (including phenoxy) is 2. The van der Waals surface area contributed by atoms with Crippen molar-refractivity contribution < 1.29 is 14.3 Å².